The summed E-state index contributed by atoms with van der Waals surface area (Å²) in [6, 6.07) is 7.59. The zero-order valence-electron chi connectivity index (χ0n) is 9.38. The van der Waals surface area contributed by atoms with Gasteiger partial charge in [0, 0.05) is 29.8 Å². The molecule has 0 atom stereocenters. The lowest BCUT2D eigenvalue weighted by Crippen LogP contribution is -2.02. The Kier molecular flexibility index (Phi) is 3.85. The minimum Gasteiger partial charge on any atom is -0.289 e. The van der Waals surface area contributed by atoms with E-state index in [9.17, 15) is 4.79 Å². The summed E-state index contributed by atoms with van der Waals surface area (Å²) in [5.74, 6) is 0.0695. The average Bonchev–Trinajstić information content (AvgIpc) is 2.60. The number of rotatable bonds is 2. The lowest BCUT2D eigenvalue weighted by atomic mass is 10.0. The maximum atomic E-state index is 12.4. The maximum absolute atomic E-state index is 12.4. The number of thiophene rings is 1. The van der Waals surface area contributed by atoms with Crippen LogP contribution in [-0.2, 0) is 0 Å². The van der Waals surface area contributed by atoms with Gasteiger partial charge in [0.15, 0.2) is 5.78 Å². The molecule has 0 aliphatic carbocycles. The number of hydrogen-bond donors (Lipinski definition) is 0. The van der Waals surface area contributed by atoms with Gasteiger partial charge in [-0.1, -0.05) is 31.9 Å². The van der Waals surface area contributed by atoms with Gasteiger partial charge in [0.2, 0.25) is 0 Å². The molecule has 0 saturated carbocycles. The van der Waals surface area contributed by atoms with Crippen LogP contribution in [0.4, 0.5) is 0 Å². The van der Waals surface area contributed by atoms with Gasteiger partial charge in [-0.25, -0.2) is 0 Å². The largest absolute Gasteiger partial charge is 0.289 e. The average molecular weight is 374 g/mol. The van der Waals surface area contributed by atoms with Crippen LogP contribution >= 0.6 is 43.2 Å². The predicted octanol–water partition coefficient (Wildman–Crippen LogP) is 5.12. The third kappa shape index (κ3) is 2.69. The molecule has 88 valence electrons. The van der Waals surface area contributed by atoms with E-state index in [1.54, 1.807) is 11.3 Å². The lowest BCUT2D eigenvalue weighted by Gasteiger charge is -2.04. The molecule has 1 nitrogen and oxygen atoms in total. The summed E-state index contributed by atoms with van der Waals surface area (Å²) in [5.41, 5.74) is 1.49. The van der Waals surface area contributed by atoms with Crippen LogP contribution in [0.25, 0.3) is 0 Å². The second-order valence-corrected chi connectivity index (χ2v) is 7.01. The van der Waals surface area contributed by atoms with Gasteiger partial charge in [-0.05, 0) is 38.1 Å². The molecule has 2 aromatic rings. The van der Waals surface area contributed by atoms with Gasteiger partial charge >= 0.3 is 0 Å². The second kappa shape index (κ2) is 5.04. The van der Waals surface area contributed by atoms with Crippen molar-refractivity contribution >= 4 is 49.0 Å². The van der Waals surface area contributed by atoms with Crippen molar-refractivity contribution in [1.29, 1.82) is 0 Å². The molecule has 4 heteroatoms. The second-order valence-electron chi connectivity index (χ2n) is 3.78. The van der Waals surface area contributed by atoms with E-state index in [1.807, 2.05) is 38.1 Å². The Bertz CT molecular complexity index is 587. The molecule has 2 rings (SSSR count). The molecule has 0 aliphatic rings. The van der Waals surface area contributed by atoms with Crippen LogP contribution in [0, 0.1) is 13.8 Å². The molecule has 1 aromatic heterocycles. The normalized spacial score (nSPS) is 10.6. The molecule has 0 radical (unpaired) electrons. The van der Waals surface area contributed by atoms with E-state index in [1.165, 1.54) is 0 Å². The summed E-state index contributed by atoms with van der Waals surface area (Å²) in [6.45, 7) is 4.00. The summed E-state index contributed by atoms with van der Waals surface area (Å²) in [5, 5.41) is 0. The van der Waals surface area contributed by atoms with Gasteiger partial charge in [-0.2, -0.15) is 0 Å². The van der Waals surface area contributed by atoms with Crippen molar-refractivity contribution in [3.63, 3.8) is 0 Å². The minimum absolute atomic E-state index is 0.0695. The van der Waals surface area contributed by atoms with Crippen LogP contribution < -0.4 is 0 Å². The molecule has 17 heavy (non-hydrogen) atoms. The van der Waals surface area contributed by atoms with E-state index in [0.717, 1.165) is 24.3 Å². The lowest BCUT2D eigenvalue weighted by molar-refractivity contribution is 0.103. The number of halogens is 2. The maximum Gasteiger partial charge on any atom is 0.195 e. The Morgan fingerprint density at radius 1 is 1.12 bits per heavy atom. The molecule has 0 amide bonds. The van der Waals surface area contributed by atoms with E-state index in [-0.39, 0.29) is 5.78 Å². The van der Waals surface area contributed by atoms with Crippen LogP contribution in [0.3, 0.4) is 0 Å². The fourth-order valence-corrected chi connectivity index (χ4v) is 3.38. The first-order chi connectivity index (χ1) is 7.99. The van der Waals surface area contributed by atoms with Crippen molar-refractivity contribution in [1.82, 2.24) is 0 Å². The molecule has 0 fully saturated rings. The molecule has 1 heterocycles. The Hall–Kier alpha value is -0.450. The number of aryl methyl sites for hydroxylation is 2. The van der Waals surface area contributed by atoms with Crippen molar-refractivity contribution in [3.05, 3.63) is 54.1 Å². The van der Waals surface area contributed by atoms with Crippen LogP contribution in [-0.4, -0.2) is 5.78 Å². The fraction of sp³-hybridized carbons (Fsp3) is 0.154. The number of hydrogen-bond acceptors (Lipinski definition) is 2. The van der Waals surface area contributed by atoms with Gasteiger partial charge in [-0.15, -0.1) is 11.3 Å². The van der Waals surface area contributed by atoms with Gasteiger partial charge < -0.3 is 0 Å². The highest BCUT2D eigenvalue weighted by molar-refractivity contribution is 9.11. The number of ketones is 1. The Morgan fingerprint density at radius 3 is 2.41 bits per heavy atom. The van der Waals surface area contributed by atoms with Gasteiger partial charge in [-0.3, -0.25) is 4.79 Å². The summed E-state index contributed by atoms with van der Waals surface area (Å²) < 4.78 is 1.74. The minimum atomic E-state index is 0.0695. The number of carbonyl (C=O) groups is 1. The highest BCUT2D eigenvalue weighted by Crippen LogP contribution is 2.28. The Balaban J connectivity index is 2.50. The first kappa shape index (κ1) is 13.0. The number of carbonyl (C=O) groups excluding carboxylic acids is 1. The van der Waals surface area contributed by atoms with E-state index >= 15 is 0 Å². The summed E-state index contributed by atoms with van der Waals surface area (Å²) in [6.07, 6.45) is 0. The van der Waals surface area contributed by atoms with Crippen molar-refractivity contribution < 1.29 is 4.79 Å². The molecular weight excluding hydrogens is 364 g/mol. The third-order valence-electron chi connectivity index (χ3n) is 2.46. The predicted molar refractivity (Wildman–Crippen MR) is 79.1 cm³/mol. The van der Waals surface area contributed by atoms with Crippen LogP contribution in [0.5, 0.6) is 0 Å². The standard InChI is InChI=1S/C13H10Br2OS/c1-7-5-10(8(2)17-7)13(16)11-6-9(14)3-4-12(11)15/h3-6H,1-2H3. The van der Waals surface area contributed by atoms with Crippen molar-refractivity contribution in [2.75, 3.05) is 0 Å². The molecule has 0 bridgehead atoms. The monoisotopic (exact) mass is 372 g/mol. The quantitative estimate of drug-likeness (QED) is 0.667. The topological polar surface area (TPSA) is 17.1 Å². The van der Waals surface area contributed by atoms with Gasteiger partial charge in [0.05, 0.1) is 0 Å². The molecule has 0 saturated heterocycles. The first-order valence-electron chi connectivity index (χ1n) is 5.06. The molecule has 0 N–H and O–H groups in total. The summed E-state index contributed by atoms with van der Waals surface area (Å²) in [4.78, 5) is 14.6. The van der Waals surface area contributed by atoms with Crippen LogP contribution in [0.15, 0.2) is 33.2 Å². The smallest absolute Gasteiger partial charge is 0.195 e. The van der Waals surface area contributed by atoms with Crippen molar-refractivity contribution in [2.24, 2.45) is 0 Å². The highest BCUT2D eigenvalue weighted by Gasteiger charge is 2.16. The summed E-state index contributed by atoms with van der Waals surface area (Å²) >= 11 is 8.47. The van der Waals surface area contributed by atoms with Crippen LogP contribution in [0.2, 0.25) is 0 Å². The van der Waals surface area contributed by atoms with E-state index < -0.39 is 0 Å². The summed E-state index contributed by atoms with van der Waals surface area (Å²) in [7, 11) is 0. The van der Waals surface area contributed by atoms with Gasteiger partial charge in [0.25, 0.3) is 0 Å². The fourth-order valence-electron chi connectivity index (χ4n) is 1.67. The molecule has 1 aromatic carbocycles. The van der Waals surface area contributed by atoms with E-state index in [0.29, 0.717) is 5.56 Å². The molecule has 0 unspecified atom stereocenters. The van der Waals surface area contributed by atoms with E-state index in [4.69, 9.17) is 0 Å². The van der Waals surface area contributed by atoms with Crippen LogP contribution in [0.1, 0.15) is 25.7 Å². The molecule has 0 spiro atoms. The van der Waals surface area contributed by atoms with Gasteiger partial charge in [0.1, 0.15) is 0 Å². The first-order valence-corrected chi connectivity index (χ1v) is 7.46. The zero-order chi connectivity index (χ0) is 12.6. The van der Waals surface area contributed by atoms with Crippen molar-refractivity contribution in [2.45, 2.75) is 13.8 Å². The Labute approximate surface area is 121 Å². The number of benzene rings is 1. The SMILES string of the molecule is Cc1cc(C(=O)c2cc(Br)ccc2Br)c(C)s1. The molecular formula is C13H10Br2OS. The Morgan fingerprint density at radius 2 is 1.82 bits per heavy atom. The highest BCUT2D eigenvalue weighted by atomic mass is 79.9. The van der Waals surface area contributed by atoms with Crippen molar-refractivity contribution in [3.8, 4) is 0 Å². The molecule has 0 aliphatic heterocycles. The third-order valence-corrected chi connectivity index (χ3v) is 4.61. The zero-order valence-corrected chi connectivity index (χ0v) is 13.4. The van der Waals surface area contributed by atoms with E-state index in [2.05, 4.69) is 31.9 Å².